The third kappa shape index (κ3) is 6.42. The summed E-state index contributed by atoms with van der Waals surface area (Å²) in [6.07, 6.45) is 2.60. The van der Waals surface area contributed by atoms with E-state index < -0.39 is 0 Å². The van der Waals surface area contributed by atoms with E-state index in [4.69, 9.17) is 0 Å². The van der Waals surface area contributed by atoms with E-state index in [2.05, 4.69) is 21.2 Å². The Balaban J connectivity index is 3.05. The van der Waals surface area contributed by atoms with Gasteiger partial charge in [-0.15, -0.1) is 0 Å². The zero-order valence-electron chi connectivity index (χ0n) is 6.02. The van der Waals surface area contributed by atoms with Gasteiger partial charge in [0, 0.05) is 24.0 Å². The Morgan fingerprint density at radius 3 is 2.90 bits per heavy atom. The van der Waals surface area contributed by atoms with Gasteiger partial charge >= 0.3 is 0 Å². The average molecular weight is 226 g/mol. The highest BCUT2D eigenvalue weighted by molar-refractivity contribution is 9.09. The van der Waals surface area contributed by atoms with Gasteiger partial charge in [-0.3, -0.25) is 4.79 Å². The number of thioether (sulfide) groups is 1. The molecule has 0 saturated carbocycles. The predicted molar refractivity (Wildman–Crippen MR) is 49.8 cm³/mol. The van der Waals surface area contributed by atoms with Crippen LogP contribution in [0.3, 0.4) is 0 Å². The van der Waals surface area contributed by atoms with Gasteiger partial charge in [0.25, 0.3) is 0 Å². The Labute approximate surface area is 74.3 Å². The molecule has 10 heavy (non-hydrogen) atoms. The molecule has 0 spiro atoms. The van der Waals surface area contributed by atoms with Gasteiger partial charge in [0.1, 0.15) is 0 Å². The third-order valence-corrected chi connectivity index (χ3v) is 1.96. The molecule has 0 saturated heterocycles. The number of amides is 1. The Morgan fingerprint density at radius 2 is 2.40 bits per heavy atom. The quantitative estimate of drug-likeness (QED) is 0.564. The van der Waals surface area contributed by atoms with Crippen molar-refractivity contribution < 1.29 is 4.79 Å². The molecular weight excluding hydrogens is 214 g/mol. The number of carbonyl (C=O) groups excluding carboxylic acids is 1. The number of halogens is 1. The highest BCUT2D eigenvalue weighted by Gasteiger charge is 1.96. The van der Waals surface area contributed by atoms with E-state index in [-0.39, 0.29) is 5.91 Å². The summed E-state index contributed by atoms with van der Waals surface area (Å²) in [6, 6.07) is 0. The first-order valence-electron chi connectivity index (χ1n) is 3.13. The molecule has 2 nitrogen and oxygen atoms in total. The fourth-order valence-electron chi connectivity index (χ4n) is 0.467. The minimum Gasteiger partial charge on any atom is -0.355 e. The zero-order chi connectivity index (χ0) is 7.82. The fourth-order valence-corrected chi connectivity index (χ4v) is 1.13. The molecule has 0 aromatic carbocycles. The molecule has 1 N–H and O–H groups in total. The highest BCUT2D eigenvalue weighted by atomic mass is 79.9. The molecule has 0 aliphatic heterocycles. The van der Waals surface area contributed by atoms with Crippen LogP contribution >= 0.6 is 27.7 Å². The van der Waals surface area contributed by atoms with Crippen LogP contribution in [0, 0.1) is 0 Å². The van der Waals surface area contributed by atoms with Crippen LogP contribution in [0.2, 0.25) is 0 Å². The molecule has 0 rings (SSSR count). The van der Waals surface area contributed by atoms with E-state index in [9.17, 15) is 4.79 Å². The molecule has 0 heterocycles. The third-order valence-electron chi connectivity index (χ3n) is 0.950. The second-order valence-electron chi connectivity index (χ2n) is 1.78. The molecular formula is C6H12BrNOS. The Morgan fingerprint density at radius 1 is 1.70 bits per heavy atom. The van der Waals surface area contributed by atoms with Crippen molar-refractivity contribution in [3.05, 3.63) is 0 Å². The lowest BCUT2D eigenvalue weighted by Gasteiger charge is -2.00. The number of nitrogens with one attached hydrogen (secondary N) is 1. The Kier molecular flexibility index (Phi) is 7.63. The summed E-state index contributed by atoms with van der Waals surface area (Å²) in [5, 5.41) is 3.54. The van der Waals surface area contributed by atoms with Gasteiger partial charge in [0.15, 0.2) is 0 Å². The minimum absolute atomic E-state index is 0.130. The van der Waals surface area contributed by atoms with Crippen LogP contribution in [0.5, 0.6) is 0 Å². The molecule has 0 aromatic heterocycles. The van der Waals surface area contributed by atoms with Crippen LogP contribution in [-0.2, 0) is 4.79 Å². The number of hydrogen-bond acceptors (Lipinski definition) is 2. The summed E-state index contributed by atoms with van der Waals surface area (Å²) < 4.78 is 0. The lowest BCUT2D eigenvalue weighted by molar-refractivity contribution is -0.120. The van der Waals surface area contributed by atoms with Crippen molar-refractivity contribution in [3.63, 3.8) is 0 Å². The van der Waals surface area contributed by atoms with E-state index in [1.54, 1.807) is 11.8 Å². The molecule has 0 unspecified atom stereocenters. The number of rotatable bonds is 5. The van der Waals surface area contributed by atoms with Gasteiger partial charge in [-0.1, -0.05) is 15.9 Å². The maximum atomic E-state index is 10.8. The normalized spacial score (nSPS) is 9.40. The van der Waals surface area contributed by atoms with E-state index >= 15 is 0 Å². The lowest BCUT2D eigenvalue weighted by Crippen LogP contribution is -2.25. The van der Waals surface area contributed by atoms with Crippen molar-refractivity contribution in [2.75, 3.05) is 23.9 Å². The molecule has 0 atom stereocenters. The number of carbonyl (C=O) groups is 1. The molecule has 4 heteroatoms. The summed E-state index contributed by atoms with van der Waals surface area (Å²) in [7, 11) is 0. The SMILES string of the molecule is CSCCNC(=O)CCBr. The van der Waals surface area contributed by atoms with Crippen molar-refractivity contribution in [2.45, 2.75) is 6.42 Å². The molecule has 0 aliphatic carbocycles. The van der Waals surface area contributed by atoms with Gasteiger partial charge in [-0.2, -0.15) is 11.8 Å². The van der Waals surface area contributed by atoms with Crippen molar-refractivity contribution in [1.29, 1.82) is 0 Å². The standard InChI is InChI=1S/C6H12BrNOS/c1-10-5-4-8-6(9)2-3-7/h2-5H2,1H3,(H,8,9). The lowest BCUT2D eigenvalue weighted by atomic mass is 10.4. The van der Waals surface area contributed by atoms with Gasteiger partial charge in [0.05, 0.1) is 0 Å². The summed E-state index contributed by atoms with van der Waals surface area (Å²) in [4.78, 5) is 10.8. The van der Waals surface area contributed by atoms with Gasteiger partial charge in [-0.05, 0) is 6.26 Å². The first-order valence-corrected chi connectivity index (χ1v) is 5.64. The van der Waals surface area contributed by atoms with E-state index in [1.165, 1.54) is 0 Å². The first-order chi connectivity index (χ1) is 4.81. The maximum Gasteiger partial charge on any atom is 0.220 e. The Bertz CT molecular complexity index is 99.7. The maximum absolute atomic E-state index is 10.8. The summed E-state index contributed by atoms with van der Waals surface area (Å²) in [5.74, 6) is 1.12. The van der Waals surface area contributed by atoms with Crippen LogP contribution < -0.4 is 5.32 Å². The van der Waals surface area contributed by atoms with Gasteiger partial charge in [-0.25, -0.2) is 0 Å². The van der Waals surface area contributed by atoms with Crippen molar-refractivity contribution >= 4 is 33.6 Å². The van der Waals surface area contributed by atoms with Crippen molar-refractivity contribution in [2.24, 2.45) is 0 Å². The van der Waals surface area contributed by atoms with Crippen molar-refractivity contribution in [1.82, 2.24) is 5.32 Å². The van der Waals surface area contributed by atoms with Crippen LogP contribution in [0.25, 0.3) is 0 Å². The summed E-state index contributed by atoms with van der Waals surface area (Å²) in [5.41, 5.74) is 0. The fraction of sp³-hybridized carbons (Fsp3) is 0.833. The summed E-state index contributed by atoms with van der Waals surface area (Å²) in [6.45, 7) is 0.785. The van der Waals surface area contributed by atoms with Crippen LogP contribution in [0.15, 0.2) is 0 Å². The monoisotopic (exact) mass is 225 g/mol. The second kappa shape index (κ2) is 7.41. The minimum atomic E-state index is 0.130. The molecule has 1 amide bonds. The summed E-state index contributed by atoms with van der Waals surface area (Å²) >= 11 is 4.93. The average Bonchev–Trinajstić information content (AvgIpc) is 1.89. The van der Waals surface area contributed by atoms with Crippen molar-refractivity contribution in [3.8, 4) is 0 Å². The van der Waals surface area contributed by atoms with Crippen LogP contribution in [0.1, 0.15) is 6.42 Å². The first kappa shape index (κ1) is 10.3. The molecule has 0 bridgehead atoms. The molecule has 60 valence electrons. The molecule has 0 radical (unpaired) electrons. The second-order valence-corrected chi connectivity index (χ2v) is 3.56. The van der Waals surface area contributed by atoms with Crippen LogP contribution in [0.4, 0.5) is 0 Å². The molecule has 0 aromatic rings. The van der Waals surface area contributed by atoms with E-state index in [1.807, 2.05) is 6.26 Å². The van der Waals surface area contributed by atoms with E-state index in [0.29, 0.717) is 6.42 Å². The highest BCUT2D eigenvalue weighted by Crippen LogP contribution is 1.89. The van der Waals surface area contributed by atoms with Gasteiger partial charge in [0.2, 0.25) is 5.91 Å². The van der Waals surface area contributed by atoms with Crippen LogP contribution in [-0.4, -0.2) is 29.8 Å². The smallest absolute Gasteiger partial charge is 0.220 e. The predicted octanol–water partition coefficient (Wildman–Crippen LogP) is 1.25. The topological polar surface area (TPSA) is 29.1 Å². The number of hydrogen-bond donors (Lipinski definition) is 1. The number of alkyl halides is 1. The molecule has 0 aliphatic rings. The Hall–Kier alpha value is 0.300. The molecule has 0 fully saturated rings. The van der Waals surface area contributed by atoms with E-state index in [0.717, 1.165) is 17.6 Å². The zero-order valence-corrected chi connectivity index (χ0v) is 8.43. The largest absolute Gasteiger partial charge is 0.355 e. The van der Waals surface area contributed by atoms with Gasteiger partial charge < -0.3 is 5.32 Å².